The average molecular weight is 292 g/mol. The Kier molecular flexibility index (Phi) is 5.92. The van der Waals surface area contributed by atoms with Crippen molar-refractivity contribution >= 4 is 17.7 Å². The van der Waals surface area contributed by atoms with Gasteiger partial charge in [0.1, 0.15) is 0 Å². The Labute approximate surface area is 126 Å². The van der Waals surface area contributed by atoms with E-state index in [1.807, 2.05) is 49.0 Å². The maximum Gasteiger partial charge on any atom is 0.237 e. The molecule has 1 N–H and O–H groups in total. The number of nitrogens with zero attached hydrogens (tertiary/aromatic N) is 1. The fraction of sp³-hybridized carbons (Fsp3) is 0.562. The summed E-state index contributed by atoms with van der Waals surface area (Å²) >= 11 is 2.01. The van der Waals surface area contributed by atoms with Crippen LogP contribution in [0.5, 0.6) is 0 Å². The molecular formula is C16H24N2OS. The number of hydrogen-bond donors (Lipinski definition) is 1. The van der Waals surface area contributed by atoms with Crippen LogP contribution >= 0.6 is 11.8 Å². The van der Waals surface area contributed by atoms with E-state index >= 15 is 0 Å². The highest BCUT2D eigenvalue weighted by molar-refractivity contribution is 7.99. The van der Waals surface area contributed by atoms with Crippen LogP contribution in [0, 0.1) is 0 Å². The number of nitrogens with one attached hydrogen (secondary N) is 1. The molecule has 2 rings (SSSR count). The summed E-state index contributed by atoms with van der Waals surface area (Å²) in [5, 5.41) is 3.75. The van der Waals surface area contributed by atoms with Crippen LogP contribution in [-0.2, 0) is 11.3 Å². The molecule has 1 fully saturated rings. The number of benzene rings is 1. The lowest BCUT2D eigenvalue weighted by Crippen LogP contribution is -2.45. The molecule has 0 unspecified atom stereocenters. The van der Waals surface area contributed by atoms with E-state index in [2.05, 4.69) is 17.1 Å². The van der Waals surface area contributed by atoms with Crippen molar-refractivity contribution in [3.05, 3.63) is 35.9 Å². The van der Waals surface area contributed by atoms with Crippen molar-refractivity contribution in [2.45, 2.75) is 38.1 Å². The van der Waals surface area contributed by atoms with Crippen molar-refractivity contribution in [1.29, 1.82) is 0 Å². The second-order valence-corrected chi connectivity index (χ2v) is 6.93. The first-order valence-electron chi connectivity index (χ1n) is 7.34. The number of thioether (sulfide) groups is 1. The molecule has 1 heterocycles. The minimum absolute atomic E-state index is 0.0374. The van der Waals surface area contributed by atoms with Crippen LogP contribution in [-0.4, -0.2) is 40.9 Å². The topological polar surface area (TPSA) is 32.3 Å². The summed E-state index contributed by atoms with van der Waals surface area (Å²) in [6, 6.07) is 10.0. The van der Waals surface area contributed by atoms with E-state index in [0.29, 0.717) is 11.8 Å². The summed E-state index contributed by atoms with van der Waals surface area (Å²) in [7, 11) is 0. The van der Waals surface area contributed by atoms with Gasteiger partial charge < -0.3 is 5.32 Å². The largest absolute Gasteiger partial charge is 0.351 e. The molecule has 2 atom stereocenters. The second kappa shape index (κ2) is 7.70. The first kappa shape index (κ1) is 15.4. The number of carbonyl (C=O) groups is 1. The third-order valence-electron chi connectivity index (χ3n) is 3.84. The first-order valence-corrected chi connectivity index (χ1v) is 8.39. The molecule has 1 saturated heterocycles. The molecule has 0 aromatic heterocycles. The van der Waals surface area contributed by atoms with Gasteiger partial charge in [-0.05, 0) is 25.5 Å². The summed E-state index contributed by atoms with van der Waals surface area (Å²) < 4.78 is 0. The molecule has 0 aliphatic carbocycles. The molecule has 3 nitrogen and oxygen atoms in total. The Balaban J connectivity index is 1.82. The van der Waals surface area contributed by atoms with E-state index in [9.17, 15) is 4.79 Å². The fourth-order valence-electron chi connectivity index (χ4n) is 2.40. The fourth-order valence-corrected chi connectivity index (χ4v) is 3.41. The lowest BCUT2D eigenvalue weighted by atomic mass is 10.2. The highest BCUT2D eigenvalue weighted by Crippen LogP contribution is 2.19. The van der Waals surface area contributed by atoms with Gasteiger partial charge >= 0.3 is 0 Å². The molecular weight excluding hydrogens is 268 g/mol. The van der Waals surface area contributed by atoms with E-state index < -0.39 is 0 Å². The smallest absolute Gasteiger partial charge is 0.237 e. The second-order valence-electron chi connectivity index (χ2n) is 5.39. The molecule has 1 aliphatic rings. The van der Waals surface area contributed by atoms with E-state index in [4.69, 9.17) is 0 Å². The summed E-state index contributed by atoms with van der Waals surface area (Å²) in [6.45, 7) is 6.93. The van der Waals surface area contributed by atoms with Gasteiger partial charge in [-0.3, -0.25) is 9.69 Å². The van der Waals surface area contributed by atoms with Crippen molar-refractivity contribution in [2.24, 2.45) is 0 Å². The van der Waals surface area contributed by atoms with Crippen molar-refractivity contribution in [1.82, 2.24) is 10.2 Å². The molecule has 1 amide bonds. The summed E-state index contributed by atoms with van der Waals surface area (Å²) in [6.07, 6.45) is 1.17. The zero-order valence-corrected chi connectivity index (χ0v) is 13.2. The van der Waals surface area contributed by atoms with Gasteiger partial charge in [-0.25, -0.2) is 0 Å². The highest BCUT2D eigenvalue weighted by Gasteiger charge is 2.23. The van der Waals surface area contributed by atoms with Gasteiger partial charge in [-0.2, -0.15) is 11.8 Å². The third kappa shape index (κ3) is 4.53. The third-order valence-corrected chi connectivity index (χ3v) is 5.06. The molecule has 0 bridgehead atoms. The Bertz CT molecular complexity index is 424. The van der Waals surface area contributed by atoms with E-state index in [1.54, 1.807) is 0 Å². The van der Waals surface area contributed by atoms with Crippen LogP contribution in [0.25, 0.3) is 0 Å². The van der Waals surface area contributed by atoms with E-state index in [-0.39, 0.29) is 11.9 Å². The SMILES string of the molecule is C[C@@H]1CCN([C@H](C)C(=O)NCc2ccccc2)CCS1. The Morgan fingerprint density at radius 3 is 2.90 bits per heavy atom. The van der Waals surface area contributed by atoms with Gasteiger partial charge in [0, 0.05) is 24.1 Å². The molecule has 1 aromatic carbocycles. The molecule has 0 radical (unpaired) electrons. The van der Waals surface area contributed by atoms with Crippen LogP contribution in [0.4, 0.5) is 0 Å². The van der Waals surface area contributed by atoms with Crippen LogP contribution < -0.4 is 5.32 Å². The maximum atomic E-state index is 12.2. The number of amides is 1. The summed E-state index contributed by atoms with van der Waals surface area (Å²) in [4.78, 5) is 14.6. The van der Waals surface area contributed by atoms with Gasteiger partial charge in [-0.15, -0.1) is 0 Å². The molecule has 4 heteroatoms. The van der Waals surface area contributed by atoms with E-state index in [0.717, 1.165) is 24.4 Å². The first-order chi connectivity index (χ1) is 9.66. The Morgan fingerprint density at radius 2 is 2.15 bits per heavy atom. The number of carbonyl (C=O) groups excluding carboxylic acids is 1. The Morgan fingerprint density at radius 1 is 1.40 bits per heavy atom. The van der Waals surface area contributed by atoms with Crippen LogP contribution in [0.3, 0.4) is 0 Å². The molecule has 0 saturated carbocycles. The minimum atomic E-state index is -0.0374. The quantitative estimate of drug-likeness (QED) is 0.925. The van der Waals surface area contributed by atoms with Crippen molar-refractivity contribution in [3.8, 4) is 0 Å². The normalized spacial score (nSPS) is 22.0. The number of hydrogen-bond acceptors (Lipinski definition) is 3. The Hall–Kier alpha value is -1.00. The predicted octanol–water partition coefficient (Wildman–Crippen LogP) is 2.52. The van der Waals surface area contributed by atoms with Gasteiger partial charge in [0.05, 0.1) is 6.04 Å². The number of rotatable bonds is 4. The lowest BCUT2D eigenvalue weighted by molar-refractivity contribution is -0.126. The highest BCUT2D eigenvalue weighted by atomic mass is 32.2. The standard InChI is InChI=1S/C16H24N2OS/c1-13-8-9-18(10-11-20-13)14(2)16(19)17-12-15-6-4-3-5-7-15/h3-7,13-14H,8-12H2,1-2H3,(H,17,19)/t13-,14-/m1/s1. The molecule has 1 aliphatic heterocycles. The molecule has 1 aromatic rings. The minimum Gasteiger partial charge on any atom is -0.351 e. The average Bonchev–Trinajstić information content (AvgIpc) is 2.70. The van der Waals surface area contributed by atoms with Crippen LogP contribution in [0.1, 0.15) is 25.8 Å². The van der Waals surface area contributed by atoms with Crippen LogP contribution in [0.15, 0.2) is 30.3 Å². The zero-order chi connectivity index (χ0) is 14.4. The maximum absolute atomic E-state index is 12.2. The van der Waals surface area contributed by atoms with Crippen molar-refractivity contribution in [3.63, 3.8) is 0 Å². The lowest BCUT2D eigenvalue weighted by Gasteiger charge is -2.26. The molecule has 20 heavy (non-hydrogen) atoms. The van der Waals surface area contributed by atoms with Gasteiger partial charge in [0.25, 0.3) is 0 Å². The zero-order valence-electron chi connectivity index (χ0n) is 12.3. The van der Waals surface area contributed by atoms with E-state index in [1.165, 1.54) is 6.42 Å². The summed E-state index contributed by atoms with van der Waals surface area (Å²) in [5.74, 6) is 1.26. The van der Waals surface area contributed by atoms with Gasteiger partial charge in [0.2, 0.25) is 5.91 Å². The molecule has 110 valence electrons. The van der Waals surface area contributed by atoms with Crippen molar-refractivity contribution < 1.29 is 4.79 Å². The molecule has 0 spiro atoms. The van der Waals surface area contributed by atoms with Gasteiger partial charge in [0.15, 0.2) is 0 Å². The van der Waals surface area contributed by atoms with Crippen molar-refractivity contribution in [2.75, 3.05) is 18.8 Å². The summed E-state index contributed by atoms with van der Waals surface area (Å²) in [5.41, 5.74) is 1.15. The van der Waals surface area contributed by atoms with Crippen LogP contribution in [0.2, 0.25) is 0 Å². The predicted molar refractivity (Wildman–Crippen MR) is 85.9 cm³/mol. The van der Waals surface area contributed by atoms with Gasteiger partial charge in [-0.1, -0.05) is 37.3 Å². The monoisotopic (exact) mass is 292 g/mol.